The van der Waals surface area contributed by atoms with Gasteiger partial charge in [-0.05, 0) is 32.5 Å². The molecule has 0 spiro atoms. The molecule has 2 N–H and O–H groups in total. The van der Waals surface area contributed by atoms with E-state index in [0.29, 0.717) is 12.1 Å². The van der Waals surface area contributed by atoms with Gasteiger partial charge in [0, 0.05) is 30.4 Å². The number of β-amino-alcohol motifs (C(OH)–C–C–N with tert-alkyl or cyclic N) is 1. The van der Waals surface area contributed by atoms with E-state index >= 15 is 0 Å². The van der Waals surface area contributed by atoms with Crippen LogP contribution in [-0.4, -0.2) is 31.3 Å². The molecule has 0 saturated carbocycles. The fourth-order valence-corrected chi connectivity index (χ4v) is 2.34. The van der Waals surface area contributed by atoms with Gasteiger partial charge < -0.3 is 15.3 Å². The first-order chi connectivity index (χ1) is 8.13. The zero-order valence-corrected chi connectivity index (χ0v) is 10.3. The van der Waals surface area contributed by atoms with Crippen LogP contribution in [0.1, 0.15) is 24.9 Å². The van der Waals surface area contributed by atoms with Crippen LogP contribution >= 0.6 is 0 Å². The maximum atomic E-state index is 13.9. The second-order valence-corrected chi connectivity index (χ2v) is 4.57. The molecule has 2 unspecified atom stereocenters. The minimum atomic E-state index is -0.295. The highest BCUT2D eigenvalue weighted by Crippen LogP contribution is 2.31. The van der Waals surface area contributed by atoms with Crippen molar-refractivity contribution < 1.29 is 9.50 Å². The standard InChI is InChI=1S/C13H19FN2O/c1-9(15-2)13-11(14)4-3-5-12(13)16-7-6-10(17)8-16/h3-5,9-10,15,17H,6-8H2,1-2H3. The molecular weight excluding hydrogens is 219 g/mol. The summed E-state index contributed by atoms with van der Waals surface area (Å²) in [6.45, 7) is 3.31. The quantitative estimate of drug-likeness (QED) is 0.841. The normalized spacial score (nSPS) is 21.9. The number of rotatable bonds is 3. The van der Waals surface area contributed by atoms with E-state index in [1.165, 1.54) is 6.07 Å². The van der Waals surface area contributed by atoms with E-state index in [1.54, 1.807) is 6.07 Å². The Morgan fingerprint density at radius 3 is 2.88 bits per heavy atom. The maximum absolute atomic E-state index is 13.9. The number of anilines is 1. The lowest BCUT2D eigenvalue weighted by molar-refractivity contribution is 0.198. The van der Waals surface area contributed by atoms with Gasteiger partial charge in [-0.1, -0.05) is 6.07 Å². The summed E-state index contributed by atoms with van der Waals surface area (Å²) in [6, 6.07) is 5.09. The molecule has 1 saturated heterocycles. The van der Waals surface area contributed by atoms with Crippen molar-refractivity contribution in [2.24, 2.45) is 0 Å². The predicted octanol–water partition coefficient (Wildman–Crippen LogP) is 1.68. The summed E-state index contributed by atoms with van der Waals surface area (Å²) in [4.78, 5) is 2.05. The van der Waals surface area contributed by atoms with Gasteiger partial charge in [-0.2, -0.15) is 0 Å². The summed E-state index contributed by atoms with van der Waals surface area (Å²) in [5, 5.41) is 12.6. The molecule has 0 amide bonds. The minimum Gasteiger partial charge on any atom is -0.391 e. The molecule has 2 atom stereocenters. The third kappa shape index (κ3) is 2.42. The van der Waals surface area contributed by atoms with Gasteiger partial charge >= 0.3 is 0 Å². The third-order valence-electron chi connectivity index (χ3n) is 3.40. The van der Waals surface area contributed by atoms with Crippen molar-refractivity contribution in [2.75, 3.05) is 25.0 Å². The average Bonchev–Trinajstić information content (AvgIpc) is 2.74. The predicted molar refractivity (Wildman–Crippen MR) is 66.7 cm³/mol. The van der Waals surface area contributed by atoms with E-state index in [0.717, 1.165) is 18.7 Å². The molecule has 0 radical (unpaired) electrons. The summed E-state index contributed by atoms with van der Waals surface area (Å²) in [6.07, 6.45) is 0.458. The lowest BCUT2D eigenvalue weighted by Crippen LogP contribution is -2.25. The van der Waals surface area contributed by atoms with E-state index in [1.807, 2.05) is 20.0 Å². The zero-order chi connectivity index (χ0) is 12.4. The second-order valence-electron chi connectivity index (χ2n) is 4.57. The van der Waals surface area contributed by atoms with Crippen LogP contribution in [0.15, 0.2) is 18.2 Å². The van der Waals surface area contributed by atoms with Gasteiger partial charge in [-0.3, -0.25) is 0 Å². The molecule has 1 fully saturated rings. The number of nitrogens with zero attached hydrogens (tertiary/aromatic N) is 1. The number of hydrogen-bond donors (Lipinski definition) is 2. The SMILES string of the molecule is CNC(C)c1c(F)cccc1N1CCC(O)C1. The van der Waals surface area contributed by atoms with Gasteiger partial charge in [0.15, 0.2) is 0 Å². The molecule has 94 valence electrons. The molecule has 1 aromatic carbocycles. The molecule has 1 aliphatic heterocycles. The highest BCUT2D eigenvalue weighted by molar-refractivity contribution is 5.56. The maximum Gasteiger partial charge on any atom is 0.130 e. The van der Waals surface area contributed by atoms with Gasteiger partial charge in [0.2, 0.25) is 0 Å². The van der Waals surface area contributed by atoms with Crippen molar-refractivity contribution in [1.82, 2.24) is 5.32 Å². The Morgan fingerprint density at radius 2 is 2.29 bits per heavy atom. The largest absolute Gasteiger partial charge is 0.391 e. The molecule has 17 heavy (non-hydrogen) atoms. The third-order valence-corrected chi connectivity index (χ3v) is 3.40. The number of benzene rings is 1. The van der Waals surface area contributed by atoms with Gasteiger partial charge in [-0.15, -0.1) is 0 Å². The Morgan fingerprint density at radius 1 is 1.53 bits per heavy atom. The van der Waals surface area contributed by atoms with Crippen LogP contribution in [0.4, 0.5) is 10.1 Å². The van der Waals surface area contributed by atoms with Crippen molar-refractivity contribution in [1.29, 1.82) is 0 Å². The summed E-state index contributed by atoms with van der Waals surface area (Å²) in [7, 11) is 1.82. The van der Waals surface area contributed by atoms with Gasteiger partial charge in [0.1, 0.15) is 5.82 Å². The van der Waals surface area contributed by atoms with Crippen LogP contribution in [0.2, 0.25) is 0 Å². The van der Waals surface area contributed by atoms with Crippen molar-refractivity contribution in [3.63, 3.8) is 0 Å². The summed E-state index contributed by atoms with van der Waals surface area (Å²) < 4.78 is 13.9. The Labute approximate surface area is 101 Å². The summed E-state index contributed by atoms with van der Waals surface area (Å²) in [5.41, 5.74) is 1.58. The number of aliphatic hydroxyl groups excluding tert-OH is 1. The molecule has 0 aromatic heterocycles. The van der Waals surface area contributed by atoms with Crippen LogP contribution in [0.3, 0.4) is 0 Å². The van der Waals surface area contributed by atoms with E-state index in [9.17, 15) is 9.50 Å². The van der Waals surface area contributed by atoms with Crippen molar-refractivity contribution in [3.05, 3.63) is 29.6 Å². The first kappa shape index (κ1) is 12.3. The molecule has 0 bridgehead atoms. The number of halogens is 1. The highest BCUT2D eigenvalue weighted by Gasteiger charge is 2.25. The van der Waals surface area contributed by atoms with Crippen LogP contribution in [0.5, 0.6) is 0 Å². The molecule has 1 aliphatic rings. The Kier molecular flexibility index (Phi) is 3.64. The van der Waals surface area contributed by atoms with Gasteiger partial charge in [0.25, 0.3) is 0 Å². The van der Waals surface area contributed by atoms with Crippen LogP contribution in [0, 0.1) is 5.82 Å². The molecule has 1 aromatic rings. The molecule has 2 rings (SSSR count). The minimum absolute atomic E-state index is 0.0380. The van der Waals surface area contributed by atoms with Gasteiger partial charge in [-0.25, -0.2) is 4.39 Å². The average molecular weight is 238 g/mol. The van der Waals surface area contributed by atoms with E-state index in [4.69, 9.17) is 0 Å². The lowest BCUT2D eigenvalue weighted by Gasteiger charge is -2.24. The smallest absolute Gasteiger partial charge is 0.130 e. The van der Waals surface area contributed by atoms with Crippen molar-refractivity contribution in [2.45, 2.75) is 25.5 Å². The molecule has 3 nitrogen and oxygen atoms in total. The molecule has 0 aliphatic carbocycles. The first-order valence-corrected chi connectivity index (χ1v) is 6.02. The number of aliphatic hydroxyl groups is 1. The fraction of sp³-hybridized carbons (Fsp3) is 0.538. The van der Waals surface area contributed by atoms with E-state index < -0.39 is 0 Å². The first-order valence-electron chi connectivity index (χ1n) is 6.02. The van der Waals surface area contributed by atoms with Gasteiger partial charge in [0.05, 0.1) is 6.10 Å². The second kappa shape index (κ2) is 5.02. The monoisotopic (exact) mass is 238 g/mol. The summed E-state index contributed by atoms with van der Waals surface area (Å²) in [5.74, 6) is -0.189. The number of hydrogen-bond acceptors (Lipinski definition) is 3. The topological polar surface area (TPSA) is 35.5 Å². The van der Waals surface area contributed by atoms with Crippen LogP contribution in [-0.2, 0) is 0 Å². The molecule has 1 heterocycles. The Hall–Kier alpha value is -1.13. The lowest BCUT2D eigenvalue weighted by atomic mass is 10.0. The molecule has 4 heteroatoms. The molecular formula is C13H19FN2O. The fourth-order valence-electron chi connectivity index (χ4n) is 2.34. The van der Waals surface area contributed by atoms with E-state index in [2.05, 4.69) is 10.2 Å². The number of nitrogens with one attached hydrogen (secondary N) is 1. The zero-order valence-electron chi connectivity index (χ0n) is 10.3. The van der Waals surface area contributed by atoms with Crippen LogP contribution in [0.25, 0.3) is 0 Å². The Bertz CT molecular complexity index is 397. The Balaban J connectivity index is 2.36. The summed E-state index contributed by atoms with van der Waals surface area (Å²) >= 11 is 0. The van der Waals surface area contributed by atoms with Crippen LogP contribution < -0.4 is 10.2 Å². The van der Waals surface area contributed by atoms with E-state index in [-0.39, 0.29) is 18.0 Å². The van der Waals surface area contributed by atoms with Crippen molar-refractivity contribution in [3.8, 4) is 0 Å². The van der Waals surface area contributed by atoms with Crippen molar-refractivity contribution >= 4 is 5.69 Å². The highest BCUT2D eigenvalue weighted by atomic mass is 19.1.